The number of amides is 1. The normalized spacial score (nSPS) is 10.5. The fourth-order valence-electron chi connectivity index (χ4n) is 2.22. The van der Waals surface area contributed by atoms with Gasteiger partial charge in [0.05, 0.1) is 24.5 Å². The Morgan fingerprint density at radius 3 is 2.36 bits per heavy atom. The van der Waals surface area contributed by atoms with E-state index in [9.17, 15) is 9.59 Å². The largest absolute Gasteiger partial charge is 0.493 e. The smallest absolute Gasteiger partial charge is 0.345 e. The first-order valence-corrected chi connectivity index (χ1v) is 8.21. The molecule has 1 amide bonds. The molecule has 0 radical (unpaired) electrons. The van der Waals surface area contributed by atoms with Crippen molar-refractivity contribution in [2.45, 2.75) is 0 Å². The number of carbonyl (C=O) groups excluding carboxylic acids is 2. The summed E-state index contributed by atoms with van der Waals surface area (Å²) in [6, 6.07) is 11.4. The number of hydrazone groups is 1. The van der Waals surface area contributed by atoms with E-state index in [4.69, 9.17) is 9.47 Å². The number of pyridine rings is 2. The van der Waals surface area contributed by atoms with Crippen LogP contribution in [-0.4, -0.2) is 35.2 Å². The minimum atomic E-state index is -0.545. The van der Waals surface area contributed by atoms with Crippen LogP contribution < -0.4 is 14.9 Å². The maximum absolute atomic E-state index is 12.2. The molecule has 0 aliphatic heterocycles. The lowest BCUT2D eigenvalue weighted by Crippen LogP contribution is -2.17. The van der Waals surface area contributed by atoms with Gasteiger partial charge in [0, 0.05) is 24.8 Å². The molecule has 28 heavy (non-hydrogen) atoms. The van der Waals surface area contributed by atoms with Crippen molar-refractivity contribution in [3.05, 3.63) is 83.9 Å². The number of esters is 1. The van der Waals surface area contributed by atoms with Gasteiger partial charge in [-0.2, -0.15) is 5.10 Å². The van der Waals surface area contributed by atoms with Gasteiger partial charge in [-0.15, -0.1) is 0 Å². The molecule has 0 saturated heterocycles. The molecule has 0 spiro atoms. The van der Waals surface area contributed by atoms with Gasteiger partial charge in [-0.1, -0.05) is 0 Å². The van der Waals surface area contributed by atoms with Crippen LogP contribution in [-0.2, 0) is 0 Å². The van der Waals surface area contributed by atoms with E-state index >= 15 is 0 Å². The first-order valence-electron chi connectivity index (χ1n) is 8.21. The van der Waals surface area contributed by atoms with Crippen LogP contribution in [0.2, 0.25) is 0 Å². The molecule has 0 saturated carbocycles. The first kappa shape index (κ1) is 18.7. The number of benzene rings is 1. The van der Waals surface area contributed by atoms with Gasteiger partial charge in [0.2, 0.25) is 0 Å². The number of ether oxygens (including phenoxy) is 2. The van der Waals surface area contributed by atoms with Crippen molar-refractivity contribution >= 4 is 18.1 Å². The molecule has 0 aliphatic carbocycles. The van der Waals surface area contributed by atoms with Crippen LogP contribution in [0.3, 0.4) is 0 Å². The van der Waals surface area contributed by atoms with Crippen LogP contribution >= 0.6 is 0 Å². The summed E-state index contributed by atoms with van der Waals surface area (Å²) in [6.07, 6.45) is 7.46. The summed E-state index contributed by atoms with van der Waals surface area (Å²) in [7, 11) is 1.46. The second-order valence-electron chi connectivity index (χ2n) is 5.48. The molecule has 0 atom stereocenters. The van der Waals surface area contributed by atoms with Crippen LogP contribution in [0.15, 0.2) is 72.4 Å². The van der Waals surface area contributed by atoms with E-state index in [-0.39, 0.29) is 11.7 Å². The summed E-state index contributed by atoms with van der Waals surface area (Å²) in [5, 5.41) is 3.91. The summed E-state index contributed by atoms with van der Waals surface area (Å²) in [5.74, 6) is -0.317. The molecule has 2 heterocycles. The number of nitrogens with zero attached hydrogens (tertiary/aromatic N) is 3. The van der Waals surface area contributed by atoms with Gasteiger partial charge < -0.3 is 9.47 Å². The Hall–Kier alpha value is -4.07. The zero-order valence-electron chi connectivity index (χ0n) is 14.9. The molecule has 0 unspecified atom stereocenters. The zero-order valence-corrected chi connectivity index (χ0v) is 14.9. The molecular weight excluding hydrogens is 360 g/mol. The van der Waals surface area contributed by atoms with Crippen LogP contribution in [0.1, 0.15) is 26.3 Å². The number of aromatic nitrogens is 2. The van der Waals surface area contributed by atoms with E-state index in [1.807, 2.05) is 0 Å². The predicted octanol–water partition coefficient (Wildman–Crippen LogP) is 2.47. The molecule has 0 aliphatic rings. The fourth-order valence-corrected chi connectivity index (χ4v) is 2.22. The van der Waals surface area contributed by atoms with Crippen molar-refractivity contribution in [1.29, 1.82) is 0 Å². The monoisotopic (exact) mass is 376 g/mol. The number of rotatable bonds is 6. The van der Waals surface area contributed by atoms with E-state index in [1.54, 1.807) is 54.9 Å². The molecule has 1 N–H and O–H groups in total. The van der Waals surface area contributed by atoms with Gasteiger partial charge in [-0.3, -0.25) is 14.8 Å². The molecule has 8 heteroatoms. The highest BCUT2D eigenvalue weighted by atomic mass is 16.6. The van der Waals surface area contributed by atoms with Gasteiger partial charge >= 0.3 is 5.97 Å². The number of carbonyl (C=O) groups is 2. The molecular formula is C20H16N4O4. The number of methoxy groups -OCH3 is 1. The summed E-state index contributed by atoms with van der Waals surface area (Å²) in [4.78, 5) is 31.8. The minimum Gasteiger partial charge on any atom is -0.493 e. The third-order valence-electron chi connectivity index (χ3n) is 3.59. The summed E-state index contributed by atoms with van der Waals surface area (Å²) < 4.78 is 10.6. The highest BCUT2D eigenvalue weighted by Crippen LogP contribution is 2.28. The Labute approximate surface area is 160 Å². The van der Waals surface area contributed by atoms with Gasteiger partial charge in [0.25, 0.3) is 5.91 Å². The fraction of sp³-hybridized carbons (Fsp3) is 0.0500. The molecule has 0 fully saturated rings. The molecule has 3 rings (SSSR count). The lowest BCUT2D eigenvalue weighted by molar-refractivity contribution is 0.0729. The minimum absolute atomic E-state index is 0.257. The summed E-state index contributed by atoms with van der Waals surface area (Å²) in [5.41, 5.74) is 3.78. The third kappa shape index (κ3) is 4.76. The SMILES string of the molecule is COc1cc(/C=N/NC(=O)c2cccnc2)ccc1OC(=O)c1cccnc1. The predicted molar refractivity (Wildman–Crippen MR) is 101 cm³/mol. The Balaban J connectivity index is 1.67. The number of hydrogen-bond donors (Lipinski definition) is 1. The molecule has 0 bridgehead atoms. The third-order valence-corrected chi connectivity index (χ3v) is 3.59. The van der Waals surface area contributed by atoms with Crippen LogP contribution in [0.5, 0.6) is 11.5 Å². The lowest BCUT2D eigenvalue weighted by atomic mass is 10.2. The molecule has 140 valence electrons. The Bertz CT molecular complexity index is 992. The van der Waals surface area contributed by atoms with E-state index < -0.39 is 5.97 Å². The van der Waals surface area contributed by atoms with Gasteiger partial charge in [0.15, 0.2) is 11.5 Å². The second kappa shape index (κ2) is 9.04. The maximum Gasteiger partial charge on any atom is 0.345 e. The van der Waals surface area contributed by atoms with Crippen LogP contribution in [0, 0.1) is 0 Å². The van der Waals surface area contributed by atoms with Crippen LogP contribution in [0.25, 0.3) is 0 Å². The van der Waals surface area contributed by atoms with Crippen molar-refractivity contribution in [2.24, 2.45) is 5.10 Å². The summed E-state index contributed by atoms with van der Waals surface area (Å²) in [6.45, 7) is 0. The number of hydrogen-bond acceptors (Lipinski definition) is 7. The van der Waals surface area contributed by atoms with Gasteiger partial charge in [0.1, 0.15) is 0 Å². The van der Waals surface area contributed by atoms with E-state index in [1.165, 1.54) is 25.7 Å². The van der Waals surface area contributed by atoms with Crippen molar-refractivity contribution in [3.63, 3.8) is 0 Å². The van der Waals surface area contributed by atoms with E-state index in [2.05, 4.69) is 20.5 Å². The maximum atomic E-state index is 12.2. The van der Waals surface area contributed by atoms with Crippen LogP contribution in [0.4, 0.5) is 0 Å². The van der Waals surface area contributed by atoms with Crippen molar-refractivity contribution in [2.75, 3.05) is 7.11 Å². The second-order valence-corrected chi connectivity index (χ2v) is 5.48. The average molecular weight is 376 g/mol. The lowest BCUT2D eigenvalue weighted by Gasteiger charge is -2.09. The van der Waals surface area contributed by atoms with Gasteiger partial charge in [-0.05, 0) is 48.0 Å². The van der Waals surface area contributed by atoms with Gasteiger partial charge in [-0.25, -0.2) is 10.2 Å². The molecule has 3 aromatic rings. The zero-order chi connectivity index (χ0) is 19.8. The molecule has 8 nitrogen and oxygen atoms in total. The Kier molecular flexibility index (Phi) is 6.04. The Morgan fingerprint density at radius 2 is 1.71 bits per heavy atom. The van der Waals surface area contributed by atoms with E-state index in [0.717, 1.165) is 0 Å². The topological polar surface area (TPSA) is 103 Å². The van der Waals surface area contributed by atoms with Crippen molar-refractivity contribution in [1.82, 2.24) is 15.4 Å². The highest BCUT2D eigenvalue weighted by Gasteiger charge is 2.12. The molecule has 1 aromatic carbocycles. The van der Waals surface area contributed by atoms with Crippen molar-refractivity contribution in [3.8, 4) is 11.5 Å². The Morgan fingerprint density at radius 1 is 1.00 bits per heavy atom. The highest BCUT2D eigenvalue weighted by molar-refractivity contribution is 5.94. The standard InChI is InChI=1S/C20H16N4O4/c1-27-18-10-14(11-23-24-19(25)15-4-2-8-21-12-15)6-7-17(18)28-20(26)16-5-3-9-22-13-16/h2-13H,1H3,(H,24,25)/b23-11+. The molecule has 2 aromatic heterocycles. The quantitative estimate of drug-likeness (QED) is 0.307. The average Bonchev–Trinajstić information content (AvgIpc) is 2.75. The summed E-state index contributed by atoms with van der Waals surface area (Å²) >= 11 is 0. The first-order chi connectivity index (χ1) is 13.7. The van der Waals surface area contributed by atoms with Crippen molar-refractivity contribution < 1.29 is 19.1 Å². The van der Waals surface area contributed by atoms with E-state index in [0.29, 0.717) is 22.4 Å². The number of nitrogens with one attached hydrogen (secondary N) is 1.